The molecule has 0 aromatic carbocycles. The second-order valence-electron chi connectivity index (χ2n) is 2.54. The number of aromatic nitrogens is 1. The van der Waals surface area contributed by atoms with Crippen LogP contribution in [0.25, 0.3) is 0 Å². The molecule has 0 aliphatic heterocycles. The van der Waals surface area contributed by atoms with E-state index in [0.29, 0.717) is 0 Å². The number of hydrogen-bond acceptors (Lipinski definition) is 2. The van der Waals surface area contributed by atoms with Gasteiger partial charge in [0, 0.05) is 10.9 Å². The average molecular weight is 270 g/mol. The van der Waals surface area contributed by atoms with E-state index in [1.165, 1.54) is 0 Å². The molecule has 1 aromatic heterocycles. The fraction of sp³-hybridized carbons (Fsp3) is 0.375. The Bertz CT molecular complexity index is 333. The van der Waals surface area contributed by atoms with Crippen molar-refractivity contribution >= 4 is 15.9 Å². The molecule has 1 N–H and O–H groups in total. The molecule has 0 saturated carbocycles. The van der Waals surface area contributed by atoms with Gasteiger partial charge < -0.3 is 5.11 Å². The van der Waals surface area contributed by atoms with Crippen LogP contribution < -0.4 is 0 Å². The van der Waals surface area contributed by atoms with E-state index in [9.17, 15) is 13.2 Å². The number of rotatable bonds is 3. The van der Waals surface area contributed by atoms with E-state index < -0.39 is 24.4 Å². The number of alkyl halides is 3. The minimum Gasteiger partial charge on any atom is -0.392 e. The van der Waals surface area contributed by atoms with E-state index in [2.05, 4.69) is 20.9 Å². The summed E-state index contributed by atoms with van der Waals surface area (Å²) in [6.45, 7) is -0.647. The van der Waals surface area contributed by atoms with Gasteiger partial charge in [-0.05, 0) is 0 Å². The average Bonchev–Trinajstić information content (AvgIpc) is 2.16. The summed E-state index contributed by atoms with van der Waals surface area (Å²) in [6, 6.07) is 0. The van der Waals surface area contributed by atoms with Crippen molar-refractivity contribution in [3.05, 3.63) is 28.8 Å². The Morgan fingerprint density at radius 1 is 1.50 bits per heavy atom. The minimum atomic E-state index is -2.95. The maximum Gasteiger partial charge on any atom is 0.267 e. The molecular weight excluding hydrogens is 263 g/mol. The Balaban J connectivity index is 3.35. The Morgan fingerprint density at radius 2 is 2.14 bits per heavy atom. The van der Waals surface area contributed by atoms with Crippen LogP contribution in [-0.2, 0) is 11.9 Å². The molecule has 0 radical (unpaired) electrons. The van der Waals surface area contributed by atoms with Gasteiger partial charge in [-0.1, -0.05) is 15.9 Å². The van der Waals surface area contributed by atoms with Gasteiger partial charge in [-0.2, -0.15) is 0 Å². The Hall–Kier alpha value is -0.620. The van der Waals surface area contributed by atoms with Gasteiger partial charge in [-0.25, -0.2) is 13.2 Å². The van der Waals surface area contributed by atoms with Crippen molar-refractivity contribution in [3.8, 4) is 0 Å². The zero-order chi connectivity index (χ0) is 10.7. The number of halogens is 4. The number of nitrogens with zero attached hydrogens (tertiary/aromatic N) is 1. The number of aliphatic hydroxyl groups excluding tert-OH is 1. The third kappa shape index (κ3) is 2.06. The molecule has 78 valence electrons. The van der Waals surface area contributed by atoms with Crippen molar-refractivity contribution in [2.45, 2.75) is 18.4 Å². The second kappa shape index (κ2) is 4.75. The van der Waals surface area contributed by atoms with Crippen molar-refractivity contribution in [1.82, 2.24) is 4.98 Å². The van der Waals surface area contributed by atoms with Crippen LogP contribution in [0, 0.1) is 5.82 Å². The minimum absolute atomic E-state index is 0.142. The first kappa shape index (κ1) is 11.5. The predicted octanol–water partition coefficient (Wildman–Crippen LogP) is 2.55. The maximum atomic E-state index is 12.9. The van der Waals surface area contributed by atoms with Crippen molar-refractivity contribution in [1.29, 1.82) is 0 Å². The topological polar surface area (TPSA) is 33.1 Å². The fourth-order valence-electron chi connectivity index (χ4n) is 1.11. The summed E-state index contributed by atoms with van der Waals surface area (Å²) in [7, 11) is 0. The summed E-state index contributed by atoms with van der Waals surface area (Å²) in [4.78, 5) is 3.60. The number of aliphatic hydroxyl groups is 1. The zero-order valence-electron chi connectivity index (χ0n) is 6.98. The van der Waals surface area contributed by atoms with Gasteiger partial charge in [-0.3, -0.25) is 4.98 Å². The van der Waals surface area contributed by atoms with E-state index in [1.807, 2.05) is 0 Å². The molecule has 0 bridgehead atoms. The molecule has 1 aromatic rings. The first-order valence-electron chi connectivity index (χ1n) is 3.73. The van der Waals surface area contributed by atoms with Crippen molar-refractivity contribution < 1.29 is 18.3 Å². The van der Waals surface area contributed by atoms with Crippen LogP contribution in [0.3, 0.4) is 0 Å². The molecule has 6 heteroatoms. The van der Waals surface area contributed by atoms with Crippen molar-refractivity contribution in [2.75, 3.05) is 0 Å². The van der Waals surface area contributed by atoms with E-state index >= 15 is 0 Å². The van der Waals surface area contributed by atoms with Crippen LogP contribution in [0.4, 0.5) is 13.2 Å². The summed E-state index contributed by atoms with van der Waals surface area (Å²) in [6.07, 6.45) is -2.21. The van der Waals surface area contributed by atoms with Crippen LogP contribution in [-0.4, -0.2) is 10.1 Å². The lowest BCUT2D eigenvalue weighted by Crippen LogP contribution is -2.05. The van der Waals surface area contributed by atoms with Crippen LogP contribution in [0.2, 0.25) is 0 Å². The van der Waals surface area contributed by atoms with E-state index in [-0.39, 0.29) is 16.6 Å². The smallest absolute Gasteiger partial charge is 0.267 e. The predicted molar refractivity (Wildman–Crippen MR) is 47.7 cm³/mol. The Kier molecular flexibility index (Phi) is 3.88. The first-order chi connectivity index (χ1) is 6.61. The molecule has 14 heavy (non-hydrogen) atoms. The lowest BCUT2D eigenvalue weighted by Gasteiger charge is -2.10. The van der Waals surface area contributed by atoms with E-state index in [1.54, 1.807) is 0 Å². The SMILES string of the molecule is OCc1c(CBr)ncc(F)c1C(F)F. The molecule has 0 fully saturated rings. The molecule has 0 atom stereocenters. The van der Waals surface area contributed by atoms with Crippen molar-refractivity contribution in [3.63, 3.8) is 0 Å². The highest BCUT2D eigenvalue weighted by Crippen LogP contribution is 2.28. The zero-order valence-corrected chi connectivity index (χ0v) is 8.56. The molecule has 0 amide bonds. The standard InChI is InChI=1S/C8H7BrF3NO/c9-1-6-4(3-14)7(8(11)12)5(10)2-13-6/h2,8,14H,1,3H2. The normalized spacial score (nSPS) is 11.0. The lowest BCUT2D eigenvalue weighted by molar-refractivity contribution is 0.141. The van der Waals surface area contributed by atoms with E-state index in [0.717, 1.165) is 6.20 Å². The molecule has 1 rings (SSSR count). The molecular formula is C8H7BrF3NO. The van der Waals surface area contributed by atoms with Crippen molar-refractivity contribution in [2.24, 2.45) is 0 Å². The molecule has 0 unspecified atom stereocenters. The summed E-state index contributed by atoms with van der Waals surface area (Å²) in [5, 5.41) is 9.04. The van der Waals surface area contributed by atoms with Gasteiger partial charge in [0.05, 0.1) is 24.1 Å². The lowest BCUT2D eigenvalue weighted by atomic mass is 10.1. The summed E-state index contributed by atoms with van der Waals surface area (Å²) < 4.78 is 37.7. The molecule has 2 nitrogen and oxygen atoms in total. The summed E-state index contributed by atoms with van der Waals surface area (Å²) >= 11 is 3.02. The molecule has 1 heterocycles. The highest BCUT2D eigenvalue weighted by molar-refractivity contribution is 9.08. The second-order valence-corrected chi connectivity index (χ2v) is 3.10. The van der Waals surface area contributed by atoms with Gasteiger partial charge >= 0.3 is 0 Å². The van der Waals surface area contributed by atoms with Crippen LogP contribution in [0.5, 0.6) is 0 Å². The van der Waals surface area contributed by atoms with Gasteiger partial charge in [0.25, 0.3) is 6.43 Å². The van der Waals surface area contributed by atoms with E-state index in [4.69, 9.17) is 5.11 Å². The van der Waals surface area contributed by atoms with Crippen LogP contribution in [0.1, 0.15) is 23.2 Å². The molecule has 0 spiro atoms. The Morgan fingerprint density at radius 3 is 2.57 bits per heavy atom. The van der Waals surface area contributed by atoms with Crippen LogP contribution >= 0.6 is 15.9 Å². The maximum absolute atomic E-state index is 12.9. The molecule has 0 aliphatic rings. The number of hydrogen-bond donors (Lipinski definition) is 1. The first-order valence-corrected chi connectivity index (χ1v) is 4.85. The van der Waals surface area contributed by atoms with Gasteiger partial charge in [0.2, 0.25) is 0 Å². The fourth-order valence-corrected chi connectivity index (χ4v) is 1.59. The third-order valence-corrected chi connectivity index (χ3v) is 2.30. The quantitative estimate of drug-likeness (QED) is 0.856. The van der Waals surface area contributed by atoms with Gasteiger partial charge in [0.15, 0.2) is 5.82 Å². The third-order valence-electron chi connectivity index (χ3n) is 1.77. The summed E-state index contributed by atoms with van der Waals surface area (Å²) in [5.41, 5.74) is -0.682. The largest absolute Gasteiger partial charge is 0.392 e. The van der Waals surface area contributed by atoms with Gasteiger partial charge in [-0.15, -0.1) is 0 Å². The molecule has 0 saturated heterocycles. The highest BCUT2D eigenvalue weighted by Gasteiger charge is 2.21. The van der Waals surface area contributed by atoms with Gasteiger partial charge in [0.1, 0.15) is 0 Å². The number of pyridine rings is 1. The van der Waals surface area contributed by atoms with Crippen LogP contribution in [0.15, 0.2) is 6.20 Å². The Labute approximate surface area is 86.9 Å². The highest BCUT2D eigenvalue weighted by atomic mass is 79.9. The summed E-state index contributed by atoms with van der Waals surface area (Å²) in [5.74, 6) is -1.09. The monoisotopic (exact) mass is 269 g/mol. The molecule has 0 aliphatic carbocycles.